The molecule has 4 aliphatic rings. The van der Waals surface area contributed by atoms with Crippen LogP contribution in [0.4, 0.5) is 10.5 Å². The topological polar surface area (TPSA) is 75.1 Å². The molecule has 2 bridgehead atoms. The second-order valence-corrected chi connectivity index (χ2v) is 9.85. The van der Waals surface area contributed by atoms with Crippen LogP contribution >= 0.6 is 11.6 Å². The Morgan fingerprint density at radius 2 is 2.17 bits per heavy atom. The van der Waals surface area contributed by atoms with Gasteiger partial charge in [0.2, 0.25) is 0 Å². The number of rotatable bonds is 6. The van der Waals surface area contributed by atoms with Gasteiger partial charge in [-0.3, -0.25) is 4.68 Å². The van der Waals surface area contributed by atoms with Crippen molar-refractivity contribution in [2.75, 3.05) is 18.4 Å². The monoisotopic (exact) mass is 428 g/mol. The zero-order chi connectivity index (χ0) is 20.9. The molecule has 8 heteroatoms. The SMILES string of the molecule is C[C@@H]1C[C@@H]2C[C@](CNCC3CC3)(C1)N2C(=O)Nc1ccc(Cl)c(-c2ncn(C)n2)c1. The Balaban J connectivity index is 1.31. The number of halogens is 1. The fourth-order valence-corrected chi connectivity index (χ4v) is 5.53. The van der Waals surface area contributed by atoms with Gasteiger partial charge in [-0.05, 0) is 68.7 Å². The van der Waals surface area contributed by atoms with E-state index in [9.17, 15) is 4.79 Å². The van der Waals surface area contributed by atoms with Gasteiger partial charge >= 0.3 is 6.03 Å². The summed E-state index contributed by atoms with van der Waals surface area (Å²) in [5.74, 6) is 2.05. The number of aryl methyl sites for hydroxylation is 1. The zero-order valence-electron chi connectivity index (χ0n) is 17.6. The highest BCUT2D eigenvalue weighted by Crippen LogP contribution is 2.49. The van der Waals surface area contributed by atoms with Crippen LogP contribution in [-0.4, -0.2) is 50.4 Å². The summed E-state index contributed by atoms with van der Waals surface area (Å²) in [4.78, 5) is 19.7. The Morgan fingerprint density at radius 3 is 2.90 bits per heavy atom. The highest BCUT2D eigenvalue weighted by molar-refractivity contribution is 6.33. The molecule has 2 saturated carbocycles. The summed E-state index contributed by atoms with van der Waals surface area (Å²) in [7, 11) is 1.82. The van der Waals surface area contributed by atoms with Crippen molar-refractivity contribution >= 4 is 23.3 Å². The van der Waals surface area contributed by atoms with Crippen molar-refractivity contribution in [1.29, 1.82) is 0 Å². The van der Waals surface area contributed by atoms with E-state index < -0.39 is 0 Å². The molecule has 6 rings (SSSR count). The second kappa shape index (κ2) is 7.54. The van der Waals surface area contributed by atoms with Crippen molar-refractivity contribution in [3.63, 3.8) is 0 Å². The number of fused-ring (bicyclic) bond motifs is 2. The lowest BCUT2D eigenvalue weighted by molar-refractivity contribution is -0.0876. The van der Waals surface area contributed by atoms with E-state index in [1.807, 2.05) is 19.2 Å². The van der Waals surface area contributed by atoms with E-state index in [0.717, 1.165) is 38.3 Å². The van der Waals surface area contributed by atoms with Crippen molar-refractivity contribution in [2.45, 2.75) is 50.6 Å². The fourth-order valence-electron chi connectivity index (χ4n) is 5.33. The number of aromatic nitrogens is 3. The van der Waals surface area contributed by atoms with Crippen molar-refractivity contribution < 1.29 is 4.79 Å². The third-order valence-corrected chi connectivity index (χ3v) is 7.09. The largest absolute Gasteiger partial charge is 0.322 e. The Kier molecular flexibility index (Phi) is 4.98. The number of nitrogens with one attached hydrogen (secondary N) is 2. The zero-order valence-corrected chi connectivity index (χ0v) is 18.3. The Labute approximate surface area is 182 Å². The number of anilines is 1. The first-order chi connectivity index (χ1) is 14.4. The quantitative estimate of drug-likeness (QED) is 0.731. The van der Waals surface area contributed by atoms with Gasteiger partial charge in [0, 0.05) is 30.9 Å². The van der Waals surface area contributed by atoms with E-state index >= 15 is 0 Å². The molecule has 2 saturated heterocycles. The molecule has 0 spiro atoms. The number of hydrogen-bond acceptors (Lipinski definition) is 4. The number of hydrogen-bond donors (Lipinski definition) is 2. The molecular weight excluding hydrogens is 400 g/mol. The molecule has 7 nitrogen and oxygen atoms in total. The van der Waals surface area contributed by atoms with Crippen LogP contribution in [0.25, 0.3) is 11.4 Å². The predicted octanol–water partition coefficient (Wildman–Crippen LogP) is 3.91. The van der Waals surface area contributed by atoms with Crippen LogP contribution in [0.15, 0.2) is 24.5 Å². The number of amides is 2. The van der Waals surface area contributed by atoms with Gasteiger partial charge in [0.15, 0.2) is 5.82 Å². The minimum absolute atomic E-state index is 0.0198. The van der Waals surface area contributed by atoms with Crippen LogP contribution in [0.1, 0.15) is 39.0 Å². The standard InChI is InChI=1S/C22H29ClN6O/c1-14-7-17-10-22(9-14,12-24-11-15-3-4-15)29(17)21(30)26-16-5-6-19(23)18(8-16)20-25-13-28(2)27-20/h5-6,8,13-15,17,24H,3-4,7,9-12H2,1-2H3,(H,26,30)/t14-,17-,22+/m1/s1. The maximum absolute atomic E-state index is 13.3. The summed E-state index contributed by atoms with van der Waals surface area (Å²) < 4.78 is 1.64. The molecule has 0 unspecified atom stereocenters. The van der Waals surface area contributed by atoms with Gasteiger partial charge in [-0.25, -0.2) is 9.78 Å². The van der Waals surface area contributed by atoms with Gasteiger partial charge in [-0.15, -0.1) is 0 Å². The van der Waals surface area contributed by atoms with Gasteiger partial charge in [-0.1, -0.05) is 18.5 Å². The van der Waals surface area contributed by atoms with Crippen molar-refractivity contribution in [3.8, 4) is 11.4 Å². The molecule has 30 heavy (non-hydrogen) atoms. The fraction of sp³-hybridized carbons (Fsp3) is 0.591. The van der Waals surface area contributed by atoms with Crippen LogP contribution in [0, 0.1) is 11.8 Å². The van der Waals surface area contributed by atoms with E-state index in [2.05, 4.69) is 32.5 Å². The first kappa shape index (κ1) is 19.8. The highest BCUT2D eigenvalue weighted by atomic mass is 35.5. The molecule has 2 aliphatic heterocycles. The maximum Gasteiger partial charge on any atom is 0.322 e. The normalized spacial score (nSPS) is 27.6. The van der Waals surface area contributed by atoms with Gasteiger partial charge in [0.25, 0.3) is 0 Å². The average molecular weight is 429 g/mol. The first-order valence-electron chi connectivity index (χ1n) is 10.9. The second-order valence-electron chi connectivity index (χ2n) is 9.44. The summed E-state index contributed by atoms with van der Waals surface area (Å²) >= 11 is 6.36. The number of benzene rings is 1. The lowest BCUT2D eigenvalue weighted by Crippen LogP contribution is -2.75. The van der Waals surface area contributed by atoms with Gasteiger partial charge < -0.3 is 15.5 Å². The molecule has 2 aromatic rings. The average Bonchev–Trinajstić information content (AvgIpc) is 3.41. The van der Waals surface area contributed by atoms with Crippen LogP contribution < -0.4 is 10.6 Å². The Morgan fingerprint density at radius 1 is 1.33 bits per heavy atom. The third kappa shape index (κ3) is 3.69. The summed E-state index contributed by atoms with van der Waals surface area (Å²) in [5.41, 5.74) is 1.37. The molecular formula is C22H29ClN6O. The van der Waals surface area contributed by atoms with E-state index in [4.69, 9.17) is 11.6 Å². The number of carbonyl (C=O) groups is 1. The van der Waals surface area contributed by atoms with Gasteiger partial charge in [0.1, 0.15) is 6.33 Å². The van der Waals surface area contributed by atoms with E-state index in [1.165, 1.54) is 12.8 Å². The molecule has 3 heterocycles. The van der Waals surface area contributed by atoms with E-state index in [-0.39, 0.29) is 11.6 Å². The summed E-state index contributed by atoms with van der Waals surface area (Å²) in [6, 6.07) is 5.79. The lowest BCUT2D eigenvalue weighted by atomic mass is 9.64. The molecule has 1 aromatic heterocycles. The minimum Gasteiger partial charge on any atom is -0.314 e. The maximum atomic E-state index is 13.3. The third-order valence-electron chi connectivity index (χ3n) is 6.76. The molecule has 1 aromatic carbocycles. The highest BCUT2D eigenvalue weighted by Gasteiger charge is 2.57. The van der Waals surface area contributed by atoms with Crippen LogP contribution in [-0.2, 0) is 7.05 Å². The number of nitrogens with zero attached hydrogens (tertiary/aromatic N) is 4. The predicted molar refractivity (Wildman–Crippen MR) is 117 cm³/mol. The van der Waals surface area contributed by atoms with Gasteiger partial charge in [-0.2, -0.15) is 5.10 Å². The number of urea groups is 1. The summed E-state index contributed by atoms with van der Waals surface area (Å²) in [6.07, 6.45) is 7.57. The molecule has 0 radical (unpaired) electrons. The number of carbonyl (C=O) groups excluding carboxylic acids is 1. The molecule has 4 fully saturated rings. The summed E-state index contributed by atoms with van der Waals surface area (Å²) in [6.45, 7) is 4.28. The van der Waals surface area contributed by atoms with E-state index in [1.54, 1.807) is 17.1 Å². The molecule has 160 valence electrons. The molecule has 2 aliphatic carbocycles. The Hall–Kier alpha value is -2.12. The Bertz CT molecular complexity index is 957. The lowest BCUT2D eigenvalue weighted by Gasteiger charge is -2.63. The van der Waals surface area contributed by atoms with Gasteiger partial charge in [0.05, 0.1) is 10.6 Å². The molecule has 3 atom stereocenters. The molecule has 2 amide bonds. The van der Waals surface area contributed by atoms with Crippen molar-refractivity contribution in [1.82, 2.24) is 25.0 Å². The molecule has 2 N–H and O–H groups in total. The smallest absolute Gasteiger partial charge is 0.314 e. The van der Waals surface area contributed by atoms with E-state index in [0.29, 0.717) is 34.1 Å². The minimum atomic E-state index is -0.0564. The van der Waals surface area contributed by atoms with Crippen LogP contribution in [0.2, 0.25) is 5.02 Å². The first-order valence-corrected chi connectivity index (χ1v) is 11.3. The van der Waals surface area contributed by atoms with Crippen LogP contribution in [0.5, 0.6) is 0 Å². The summed E-state index contributed by atoms with van der Waals surface area (Å²) in [5, 5.41) is 11.7. The van der Waals surface area contributed by atoms with Crippen molar-refractivity contribution in [3.05, 3.63) is 29.5 Å². The number of piperidine rings is 1. The van der Waals surface area contributed by atoms with Crippen LogP contribution in [0.3, 0.4) is 0 Å². The van der Waals surface area contributed by atoms with Crippen molar-refractivity contribution in [2.24, 2.45) is 18.9 Å².